The molecular formula is C8H5NaO5S. The molecule has 0 aromatic heterocycles. The van der Waals surface area contributed by atoms with Gasteiger partial charge in [-0.1, -0.05) is 18.2 Å². The van der Waals surface area contributed by atoms with Gasteiger partial charge in [0, 0.05) is 11.1 Å². The molecule has 0 aliphatic heterocycles. The van der Waals surface area contributed by atoms with Crippen LogP contribution in [0.15, 0.2) is 23.1 Å². The molecule has 0 atom stereocenters. The smallest absolute Gasteiger partial charge is 0.744 e. The van der Waals surface area contributed by atoms with E-state index in [1.165, 1.54) is 6.07 Å². The predicted molar refractivity (Wildman–Crippen MR) is 45.2 cm³/mol. The van der Waals surface area contributed by atoms with Crippen LogP contribution in [-0.4, -0.2) is 25.5 Å². The largest absolute Gasteiger partial charge is 1.00 e. The Bertz CT molecular complexity index is 454. The summed E-state index contributed by atoms with van der Waals surface area (Å²) in [6.07, 6.45) is 0.440. The fourth-order valence-electron chi connectivity index (χ4n) is 1.05. The molecule has 0 saturated heterocycles. The van der Waals surface area contributed by atoms with Crippen molar-refractivity contribution in [3.63, 3.8) is 0 Å². The first-order chi connectivity index (χ1) is 6.50. The Morgan fingerprint density at radius 1 is 1.07 bits per heavy atom. The van der Waals surface area contributed by atoms with Crippen LogP contribution in [0.2, 0.25) is 0 Å². The van der Waals surface area contributed by atoms with Crippen molar-refractivity contribution in [1.29, 1.82) is 0 Å². The van der Waals surface area contributed by atoms with E-state index in [0.29, 0.717) is 0 Å². The van der Waals surface area contributed by atoms with Crippen molar-refractivity contribution in [2.75, 3.05) is 0 Å². The van der Waals surface area contributed by atoms with E-state index in [9.17, 15) is 22.6 Å². The van der Waals surface area contributed by atoms with Gasteiger partial charge in [-0.3, -0.25) is 9.59 Å². The zero-order valence-electron chi connectivity index (χ0n) is 7.84. The molecule has 1 rings (SSSR count). The van der Waals surface area contributed by atoms with Crippen molar-refractivity contribution in [2.24, 2.45) is 0 Å². The number of rotatable bonds is 3. The molecule has 0 aliphatic rings. The van der Waals surface area contributed by atoms with Gasteiger partial charge in [0.2, 0.25) is 0 Å². The van der Waals surface area contributed by atoms with E-state index in [0.717, 1.165) is 12.1 Å². The molecule has 0 saturated carbocycles. The van der Waals surface area contributed by atoms with Crippen molar-refractivity contribution in [3.8, 4) is 0 Å². The van der Waals surface area contributed by atoms with Crippen LogP contribution in [0.5, 0.6) is 0 Å². The quantitative estimate of drug-likeness (QED) is 0.321. The summed E-state index contributed by atoms with van der Waals surface area (Å²) >= 11 is 0. The molecule has 1 aromatic carbocycles. The van der Waals surface area contributed by atoms with Crippen molar-refractivity contribution in [3.05, 3.63) is 29.3 Å². The molecule has 0 fully saturated rings. The number of aldehydes is 2. The molecule has 0 aliphatic carbocycles. The van der Waals surface area contributed by atoms with Crippen LogP contribution >= 0.6 is 0 Å². The molecule has 0 heterocycles. The number of carbonyl (C=O) groups excluding carboxylic acids is 2. The van der Waals surface area contributed by atoms with Crippen LogP contribution in [0, 0.1) is 0 Å². The third kappa shape index (κ3) is 3.22. The summed E-state index contributed by atoms with van der Waals surface area (Å²) < 4.78 is 32.2. The zero-order valence-corrected chi connectivity index (χ0v) is 10.7. The van der Waals surface area contributed by atoms with Crippen LogP contribution in [-0.2, 0) is 10.1 Å². The van der Waals surface area contributed by atoms with Gasteiger partial charge in [0.05, 0.1) is 4.90 Å². The van der Waals surface area contributed by atoms with E-state index in [2.05, 4.69) is 0 Å². The van der Waals surface area contributed by atoms with Gasteiger partial charge >= 0.3 is 29.6 Å². The third-order valence-corrected chi connectivity index (χ3v) is 2.55. The fourth-order valence-corrected chi connectivity index (χ4v) is 1.86. The van der Waals surface area contributed by atoms with Gasteiger partial charge in [0.1, 0.15) is 10.1 Å². The molecule has 0 radical (unpaired) electrons. The second-order valence-corrected chi connectivity index (χ2v) is 3.77. The second-order valence-electron chi connectivity index (χ2n) is 2.46. The van der Waals surface area contributed by atoms with Crippen molar-refractivity contribution >= 4 is 22.7 Å². The minimum absolute atomic E-state index is 0. The summed E-state index contributed by atoms with van der Waals surface area (Å²) in [5.41, 5.74) is -0.603. The van der Waals surface area contributed by atoms with Gasteiger partial charge in [-0.05, 0) is 0 Å². The first kappa shape index (κ1) is 14.5. The topological polar surface area (TPSA) is 91.3 Å². The molecule has 15 heavy (non-hydrogen) atoms. The number of carbonyl (C=O) groups is 2. The van der Waals surface area contributed by atoms with Gasteiger partial charge < -0.3 is 4.55 Å². The first-order valence-corrected chi connectivity index (χ1v) is 4.91. The molecule has 1 aromatic rings. The van der Waals surface area contributed by atoms with E-state index >= 15 is 0 Å². The maximum absolute atomic E-state index is 10.7. The normalized spacial score (nSPS) is 10.2. The Morgan fingerprint density at radius 3 is 1.73 bits per heavy atom. The fraction of sp³-hybridized carbons (Fsp3) is 0. The van der Waals surface area contributed by atoms with Crippen LogP contribution < -0.4 is 29.6 Å². The SMILES string of the molecule is O=Cc1cccc(C=O)c1S(=O)(=O)[O-].[Na+]. The molecule has 0 amide bonds. The third-order valence-electron chi connectivity index (χ3n) is 1.58. The number of hydrogen-bond donors (Lipinski definition) is 0. The summed E-state index contributed by atoms with van der Waals surface area (Å²) in [7, 11) is -4.80. The maximum atomic E-state index is 10.7. The maximum Gasteiger partial charge on any atom is 1.00 e. The van der Waals surface area contributed by atoms with E-state index in [1.54, 1.807) is 0 Å². The Labute approximate surface area is 109 Å². The standard InChI is InChI=1S/C8H6O5S.Na/c9-4-6-2-1-3-7(5-10)8(6)14(11,12)13;/h1-5H,(H,11,12,13);/q;+1/p-1. The van der Waals surface area contributed by atoms with E-state index in [-0.39, 0.29) is 53.3 Å². The molecule has 0 bridgehead atoms. The predicted octanol–water partition coefficient (Wildman–Crippen LogP) is -2.78. The summed E-state index contributed by atoms with van der Waals surface area (Å²) in [5, 5.41) is 0. The molecule has 7 heteroatoms. The zero-order chi connectivity index (χ0) is 10.8. The van der Waals surface area contributed by atoms with Gasteiger partial charge in [0.25, 0.3) is 0 Å². The molecule has 74 valence electrons. The number of benzene rings is 1. The minimum atomic E-state index is -4.80. The Morgan fingerprint density at radius 2 is 1.47 bits per heavy atom. The van der Waals surface area contributed by atoms with Gasteiger partial charge in [0.15, 0.2) is 12.6 Å². The van der Waals surface area contributed by atoms with E-state index < -0.39 is 15.0 Å². The molecular weight excluding hydrogens is 231 g/mol. The molecule has 0 N–H and O–H groups in total. The monoisotopic (exact) mass is 236 g/mol. The number of hydrogen-bond acceptors (Lipinski definition) is 5. The minimum Gasteiger partial charge on any atom is -0.744 e. The van der Waals surface area contributed by atoms with Gasteiger partial charge in [-0.2, -0.15) is 0 Å². The summed E-state index contributed by atoms with van der Waals surface area (Å²) in [6.45, 7) is 0. The summed E-state index contributed by atoms with van der Waals surface area (Å²) in [4.78, 5) is 20.1. The van der Waals surface area contributed by atoms with E-state index in [1.807, 2.05) is 0 Å². The van der Waals surface area contributed by atoms with Crippen LogP contribution in [0.1, 0.15) is 20.7 Å². The van der Waals surface area contributed by atoms with Gasteiger partial charge in [-0.15, -0.1) is 0 Å². The molecule has 5 nitrogen and oxygen atoms in total. The Hall–Kier alpha value is -0.530. The van der Waals surface area contributed by atoms with Crippen LogP contribution in [0.3, 0.4) is 0 Å². The first-order valence-electron chi connectivity index (χ1n) is 3.50. The van der Waals surface area contributed by atoms with Gasteiger partial charge in [-0.25, -0.2) is 8.42 Å². The Balaban J connectivity index is 0.00000196. The second kappa shape index (κ2) is 5.53. The van der Waals surface area contributed by atoms with Crippen LogP contribution in [0.4, 0.5) is 0 Å². The van der Waals surface area contributed by atoms with Crippen molar-refractivity contribution < 1.29 is 52.1 Å². The molecule has 0 unspecified atom stereocenters. The van der Waals surface area contributed by atoms with E-state index in [4.69, 9.17) is 0 Å². The van der Waals surface area contributed by atoms with Crippen molar-refractivity contribution in [2.45, 2.75) is 4.90 Å². The average molecular weight is 236 g/mol. The van der Waals surface area contributed by atoms with Crippen LogP contribution in [0.25, 0.3) is 0 Å². The molecule has 0 spiro atoms. The summed E-state index contributed by atoms with van der Waals surface area (Å²) in [6, 6.07) is 3.64. The average Bonchev–Trinajstić information content (AvgIpc) is 2.15. The van der Waals surface area contributed by atoms with Crippen molar-refractivity contribution in [1.82, 2.24) is 0 Å². The Kier molecular flexibility index (Phi) is 5.33. The summed E-state index contributed by atoms with van der Waals surface area (Å²) in [5.74, 6) is 0.